The number of unbranched alkanes of at least 4 members (excludes halogenated alkanes) is 2. The summed E-state index contributed by atoms with van der Waals surface area (Å²) in [7, 11) is 3.93. The van der Waals surface area contributed by atoms with Crippen molar-refractivity contribution in [2.45, 2.75) is 103 Å². The summed E-state index contributed by atoms with van der Waals surface area (Å²) in [6, 6.07) is 5.59. The number of ether oxygens (including phenoxy) is 1. The number of nitrogens with zero attached hydrogens (tertiary/aromatic N) is 3. The number of amides is 3. The maximum atomic E-state index is 13.0. The molecule has 0 bridgehead atoms. The molecule has 4 rings (SSSR count). The van der Waals surface area contributed by atoms with Gasteiger partial charge in [0.15, 0.2) is 0 Å². The predicted octanol–water partition coefficient (Wildman–Crippen LogP) is 4.05. The van der Waals surface area contributed by atoms with Crippen molar-refractivity contribution < 1.29 is 19.1 Å². The fourth-order valence-electron chi connectivity index (χ4n) is 6.18. The molecule has 2 N–H and O–H groups in total. The standard InChI is InChI=1S/C31H47N5O5/c1-31(2,3)41-29(39)32-23-13-10-22(11-14-23)20-34(4)18-8-6-7-9-21-12-15-24-26(19-21)35(5)30(40)36(24)25-16-17-27(37)33-28(25)38/h12,15,19,22-23,25H,6-11,13-14,16-18,20H2,1-5H3,(H,32,39)(H,33,37,38). The summed E-state index contributed by atoms with van der Waals surface area (Å²) >= 11 is 0. The molecular weight excluding hydrogens is 522 g/mol. The highest BCUT2D eigenvalue weighted by atomic mass is 16.6. The van der Waals surface area contributed by atoms with E-state index < -0.39 is 17.6 Å². The van der Waals surface area contributed by atoms with E-state index in [9.17, 15) is 19.2 Å². The number of aromatic nitrogens is 2. The molecule has 2 aromatic rings. The quantitative estimate of drug-likeness (QED) is 0.330. The van der Waals surface area contributed by atoms with Crippen LogP contribution in [0.3, 0.4) is 0 Å². The number of nitrogens with one attached hydrogen (secondary N) is 2. The Bertz CT molecular complexity index is 1300. The Morgan fingerprint density at radius 3 is 2.46 bits per heavy atom. The predicted molar refractivity (Wildman–Crippen MR) is 159 cm³/mol. The molecule has 41 heavy (non-hydrogen) atoms. The number of fused-ring (bicyclic) bond motifs is 1. The van der Waals surface area contributed by atoms with E-state index in [0.717, 1.165) is 75.5 Å². The Morgan fingerprint density at radius 1 is 1.05 bits per heavy atom. The normalized spacial score (nSPS) is 21.8. The van der Waals surface area contributed by atoms with Gasteiger partial charge in [-0.2, -0.15) is 0 Å². The second kappa shape index (κ2) is 13.2. The van der Waals surface area contributed by atoms with Crippen LogP contribution in [0.5, 0.6) is 0 Å². The van der Waals surface area contributed by atoms with Crippen molar-refractivity contribution in [3.63, 3.8) is 0 Å². The number of imidazole rings is 1. The number of piperidine rings is 1. The number of hydrogen-bond donors (Lipinski definition) is 2. The van der Waals surface area contributed by atoms with Crippen molar-refractivity contribution in [2.75, 3.05) is 20.1 Å². The van der Waals surface area contributed by atoms with Crippen molar-refractivity contribution in [2.24, 2.45) is 13.0 Å². The monoisotopic (exact) mass is 569 g/mol. The van der Waals surface area contributed by atoms with Gasteiger partial charge >= 0.3 is 11.8 Å². The average molecular weight is 570 g/mol. The highest BCUT2D eigenvalue weighted by molar-refractivity contribution is 6.00. The SMILES string of the molecule is CN(CCCCCc1ccc2c(c1)n(C)c(=O)n2C1CCC(=O)NC1=O)CC1CCC(NC(=O)OC(C)(C)C)CC1. The molecule has 10 nitrogen and oxygen atoms in total. The van der Waals surface area contributed by atoms with Gasteiger partial charge in [0.1, 0.15) is 11.6 Å². The molecule has 1 unspecified atom stereocenters. The van der Waals surface area contributed by atoms with Crippen molar-refractivity contribution in [1.29, 1.82) is 0 Å². The Morgan fingerprint density at radius 2 is 1.78 bits per heavy atom. The van der Waals surface area contributed by atoms with Crippen LogP contribution in [0.15, 0.2) is 23.0 Å². The van der Waals surface area contributed by atoms with E-state index in [4.69, 9.17) is 4.74 Å². The van der Waals surface area contributed by atoms with E-state index in [1.165, 1.54) is 10.1 Å². The van der Waals surface area contributed by atoms with Gasteiger partial charge in [-0.25, -0.2) is 9.59 Å². The molecule has 1 aromatic carbocycles. The number of benzene rings is 1. The third-order valence-electron chi connectivity index (χ3n) is 8.32. The number of aryl methyl sites for hydroxylation is 2. The minimum atomic E-state index is -0.657. The zero-order valence-electron chi connectivity index (χ0n) is 25.3. The molecule has 1 aliphatic heterocycles. The number of imide groups is 1. The van der Waals surface area contributed by atoms with Crippen LogP contribution in [0.4, 0.5) is 4.79 Å². The Hall–Kier alpha value is -3.14. The summed E-state index contributed by atoms with van der Waals surface area (Å²) in [4.78, 5) is 51.4. The number of rotatable bonds is 10. The summed E-state index contributed by atoms with van der Waals surface area (Å²) in [6.45, 7) is 7.81. The lowest BCUT2D eigenvalue weighted by atomic mass is 9.86. The third-order valence-corrected chi connectivity index (χ3v) is 8.32. The minimum absolute atomic E-state index is 0.212. The second-order valence-corrected chi connectivity index (χ2v) is 12.9. The fourth-order valence-corrected chi connectivity index (χ4v) is 6.18. The van der Waals surface area contributed by atoms with Gasteiger partial charge in [-0.05, 0) is 109 Å². The van der Waals surface area contributed by atoms with Crippen LogP contribution in [-0.2, 0) is 27.8 Å². The van der Waals surface area contributed by atoms with Crippen LogP contribution in [0, 0.1) is 5.92 Å². The highest BCUT2D eigenvalue weighted by Crippen LogP contribution is 2.26. The van der Waals surface area contributed by atoms with Crippen LogP contribution in [0.25, 0.3) is 11.0 Å². The van der Waals surface area contributed by atoms with Gasteiger partial charge in [0, 0.05) is 26.1 Å². The molecule has 0 radical (unpaired) electrons. The van der Waals surface area contributed by atoms with Gasteiger partial charge in [0.05, 0.1) is 11.0 Å². The molecule has 2 heterocycles. The lowest BCUT2D eigenvalue weighted by molar-refractivity contribution is -0.135. The van der Waals surface area contributed by atoms with Crippen molar-refractivity contribution in [1.82, 2.24) is 24.7 Å². The van der Waals surface area contributed by atoms with Crippen LogP contribution >= 0.6 is 0 Å². The molecule has 2 aliphatic rings. The topological polar surface area (TPSA) is 115 Å². The summed E-state index contributed by atoms with van der Waals surface area (Å²) < 4.78 is 8.51. The van der Waals surface area contributed by atoms with Crippen molar-refractivity contribution in [3.8, 4) is 0 Å². The van der Waals surface area contributed by atoms with Gasteiger partial charge in [-0.3, -0.25) is 24.0 Å². The summed E-state index contributed by atoms with van der Waals surface area (Å²) in [5.74, 6) is -0.0276. The summed E-state index contributed by atoms with van der Waals surface area (Å²) in [6.07, 6.45) is 8.80. The number of alkyl carbamates (subject to hydrolysis) is 1. The van der Waals surface area contributed by atoms with E-state index in [2.05, 4.69) is 28.6 Å². The van der Waals surface area contributed by atoms with E-state index in [-0.39, 0.29) is 30.2 Å². The zero-order chi connectivity index (χ0) is 29.7. The van der Waals surface area contributed by atoms with E-state index in [1.54, 1.807) is 11.6 Å². The summed E-state index contributed by atoms with van der Waals surface area (Å²) in [5, 5.41) is 5.38. The molecule has 1 saturated carbocycles. The first-order valence-electron chi connectivity index (χ1n) is 15.1. The maximum absolute atomic E-state index is 13.0. The van der Waals surface area contributed by atoms with Gasteiger partial charge < -0.3 is 15.0 Å². The first kappa shape index (κ1) is 30.8. The molecule has 1 aliphatic carbocycles. The highest BCUT2D eigenvalue weighted by Gasteiger charge is 2.31. The first-order valence-corrected chi connectivity index (χ1v) is 15.1. The molecule has 2 fully saturated rings. The van der Waals surface area contributed by atoms with Gasteiger partial charge in [0.2, 0.25) is 11.8 Å². The lowest BCUT2D eigenvalue weighted by Crippen LogP contribution is -2.44. The second-order valence-electron chi connectivity index (χ2n) is 12.9. The molecule has 1 saturated heterocycles. The van der Waals surface area contributed by atoms with E-state index in [1.807, 2.05) is 32.9 Å². The fraction of sp³-hybridized carbons (Fsp3) is 0.677. The van der Waals surface area contributed by atoms with Crippen LogP contribution < -0.4 is 16.3 Å². The smallest absolute Gasteiger partial charge is 0.407 e. The first-order chi connectivity index (χ1) is 19.4. The zero-order valence-corrected chi connectivity index (χ0v) is 25.3. The van der Waals surface area contributed by atoms with Crippen LogP contribution in [-0.4, -0.2) is 63.7 Å². The number of carbonyl (C=O) groups is 3. The third kappa shape index (κ3) is 8.21. The molecule has 1 atom stereocenters. The van der Waals surface area contributed by atoms with Crippen molar-refractivity contribution in [3.05, 3.63) is 34.2 Å². The van der Waals surface area contributed by atoms with Gasteiger partial charge in [-0.1, -0.05) is 12.5 Å². The van der Waals surface area contributed by atoms with E-state index in [0.29, 0.717) is 12.3 Å². The molecular formula is C31H47N5O5. The maximum Gasteiger partial charge on any atom is 0.407 e. The molecule has 3 amide bonds. The number of carbonyl (C=O) groups excluding carboxylic acids is 3. The average Bonchev–Trinajstić information content (AvgIpc) is 3.13. The molecule has 1 aromatic heterocycles. The number of hydrogen-bond acceptors (Lipinski definition) is 6. The van der Waals surface area contributed by atoms with Crippen molar-refractivity contribution >= 4 is 28.9 Å². The van der Waals surface area contributed by atoms with Crippen LogP contribution in [0.1, 0.15) is 90.2 Å². The largest absolute Gasteiger partial charge is 0.444 e. The Balaban J connectivity index is 1.17. The molecule has 0 spiro atoms. The molecule has 226 valence electrons. The van der Waals surface area contributed by atoms with E-state index >= 15 is 0 Å². The van der Waals surface area contributed by atoms with Crippen LogP contribution in [0.2, 0.25) is 0 Å². The van der Waals surface area contributed by atoms with Gasteiger partial charge in [0.25, 0.3) is 0 Å². The minimum Gasteiger partial charge on any atom is -0.444 e. The lowest BCUT2D eigenvalue weighted by Gasteiger charge is -2.32. The Kier molecular flexibility index (Phi) is 9.94. The van der Waals surface area contributed by atoms with Gasteiger partial charge in [-0.15, -0.1) is 0 Å². The Labute approximate surface area is 242 Å². The molecule has 10 heteroatoms. The summed E-state index contributed by atoms with van der Waals surface area (Å²) in [5.41, 5.74) is 2.02.